The number of aryl methyl sites for hydroxylation is 1. The van der Waals surface area contributed by atoms with Crippen LogP contribution in [0.1, 0.15) is 67.3 Å². The first-order valence-corrected chi connectivity index (χ1v) is 10.8. The van der Waals surface area contributed by atoms with E-state index >= 15 is 0 Å². The van der Waals surface area contributed by atoms with Crippen LogP contribution in [-0.2, 0) is 11.2 Å². The van der Waals surface area contributed by atoms with Crippen LogP contribution in [0.4, 0.5) is 14.6 Å². The molecule has 3 heterocycles. The second-order valence-corrected chi connectivity index (χ2v) is 8.47. The topological polar surface area (TPSA) is 80.5 Å². The Kier molecular flexibility index (Phi) is 5.49. The lowest BCUT2D eigenvalue weighted by Crippen LogP contribution is -2.28. The van der Waals surface area contributed by atoms with E-state index in [4.69, 9.17) is 4.74 Å². The van der Waals surface area contributed by atoms with Gasteiger partial charge in [-0.05, 0) is 39.3 Å². The molecule has 1 aliphatic heterocycles. The van der Waals surface area contributed by atoms with Crippen LogP contribution < -0.4 is 4.90 Å². The average molecular weight is 434 g/mol. The van der Waals surface area contributed by atoms with Gasteiger partial charge in [0.1, 0.15) is 17.6 Å². The molecule has 2 aliphatic rings. The second kappa shape index (κ2) is 7.85. The monoisotopic (exact) mass is 434 g/mol. The lowest BCUT2D eigenvalue weighted by atomic mass is 10.0. The van der Waals surface area contributed by atoms with Gasteiger partial charge in [-0.25, -0.2) is 18.6 Å². The van der Waals surface area contributed by atoms with Crippen LogP contribution in [0.2, 0.25) is 0 Å². The van der Waals surface area contributed by atoms with Crippen molar-refractivity contribution in [1.29, 1.82) is 0 Å². The zero-order chi connectivity index (χ0) is 22.5. The number of hydrogen-bond acceptors (Lipinski definition) is 6. The molecule has 0 spiro atoms. The number of rotatable bonds is 7. The summed E-state index contributed by atoms with van der Waals surface area (Å²) in [6, 6.07) is 4.98. The fourth-order valence-corrected chi connectivity index (χ4v) is 4.36. The van der Waals surface area contributed by atoms with E-state index in [1.54, 1.807) is 29.8 Å². The number of aliphatic hydroxyl groups excluding tert-OH is 1. The minimum absolute atomic E-state index is 0.0915. The number of aliphatic hydroxyl groups is 1. The highest BCUT2D eigenvalue weighted by atomic mass is 19.3. The van der Waals surface area contributed by atoms with Gasteiger partial charge >= 0.3 is 5.97 Å². The molecule has 3 unspecified atom stereocenters. The minimum Gasteiger partial charge on any atom is -0.461 e. The molecule has 4 rings (SSSR count). The standard InChI is InChI=1S/C22H28F2N4O3/c1-5-16-13(7-8-19(25-16)27-10-14-15(11-27)22(14,23)24)20(29)17-9-18(21(30)31-6-2)28(26-17)12(3)4/h7-9,12,14-15,20,29H,5-6,10-11H2,1-4H3. The SMILES string of the molecule is CCOC(=O)c1cc(C(O)c2ccc(N3CC4C(C3)C4(F)F)nc2CC)nn1C(C)C. The molecule has 168 valence electrons. The maximum Gasteiger partial charge on any atom is 0.356 e. The van der Waals surface area contributed by atoms with Crippen molar-refractivity contribution in [3.8, 4) is 0 Å². The molecule has 1 N–H and O–H groups in total. The van der Waals surface area contributed by atoms with Gasteiger partial charge in [0.15, 0.2) is 0 Å². The summed E-state index contributed by atoms with van der Waals surface area (Å²) in [4.78, 5) is 18.8. The summed E-state index contributed by atoms with van der Waals surface area (Å²) in [5.74, 6) is -3.53. The average Bonchev–Trinajstić information content (AvgIpc) is 3.18. The van der Waals surface area contributed by atoms with Crippen LogP contribution in [0.3, 0.4) is 0 Å². The number of anilines is 1. The number of hydrogen-bond donors (Lipinski definition) is 1. The molecular weight excluding hydrogens is 406 g/mol. The van der Waals surface area contributed by atoms with Crippen molar-refractivity contribution >= 4 is 11.8 Å². The number of carbonyl (C=O) groups is 1. The molecule has 3 atom stereocenters. The fourth-order valence-electron chi connectivity index (χ4n) is 4.36. The maximum atomic E-state index is 13.5. The van der Waals surface area contributed by atoms with Crippen LogP contribution >= 0.6 is 0 Å². The summed E-state index contributed by atoms with van der Waals surface area (Å²) in [5.41, 5.74) is 1.88. The molecule has 7 nitrogen and oxygen atoms in total. The van der Waals surface area contributed by atoms with Gasteiger partial charge < -0.3 is 14.7 Å². The van der Waals surface area contributed by atoms with Crippen LogP contribution in [0.15, 0.2) is 18.2 Å². The number of piperidine rings is 1. The van der Waals surface area contributed by atoms with E-state index in [1.807, 2.05) is 25.7 Å². The highest BCUT2D eigenvalue weighted by Crippen LogP contribution is 2.59. The Bertz CT molecular complexity index is 977. The summed E-state index contributed by atoms with van der Waals surface area (Å²) in [6.07, 6.45) is -0.506. The third kappa shape index (κ3) is 3.69. The van der Waals surface area contributed by atoms with Crippen molar-refractivity contribution in [2.24, 2.45) is 11.8 Å². The van der Waals surface area contributed by atoms with E-state index in [2.05, 4.69) is 10.1 Å². The van der Waals surface area contributed by atoms with Crippen molar-refractivity contribution in [3.63, 3.8) is 0 Å². The molecule has 0 bridgehead atoms. The quantitative estimate of drug-likeness (QED) is 0.673. The lowest BCUT2D eigenvalue weighted by Gasteiger charge is -2.23. The normalized spacial score (nSPS) is 22.5. The first-order valence-electron chi connectivity index (χ1n) is 10.8. The molecule has 9 heteroatoms. The lowest BCUT2D eigenvalue weighted by molar-refractivity contribution is 0.0509. The summed E-state index contributed by atoms with van der Waals surface area (Å²) >= 11 is 0. The van der Waals surface area contributed by atoms with Gasteiger partial charge in [-0.2, -0.15) is 5.10 Å². The van der Waals surface area contributed by atoms with Crippen LogP contribution in [0.5, 0.6) is 0 Å². The molecule has 31 heavy (non-hydrogen) atoms. The summed E-state index contributed by atoms with van der Waals surface area (Å²) in [5, 5.41) is 15.5. The molecule has 0 aromatic carbocycles. The van der Waals surface area contributed by atoms with Crippen LogP contribution in [0.25, 0.3) is 0 Å². The van der Waals surface area contributed by atoms with Crippen LogP contribution in [0, 0.1) is 11.8 Å². The molecule has 1 aliphatic carbocycles. The fraction of sp³-hybridized carbons (Fsp3) is 0.591. The number of esters is 1. The Morgan fingerprint density at radius 3 is 2.55 bits per heavy atom. The third-order valence-corrected chi connectivity index (χ3v) is 6.16. The number of nitrogens with zero attached hydrogens (tertiary/aromatic N) is 4. The highest BCUT2D eigenvalue weighted by Gasteiger charge is 2.71. The van der Waals surface area contributed by atoms with Crippen molar-refractivity contribution in [3.05, 3.63) is 40.8 Å². The van der Waals surface area contributed by atoms with Crippen molar-refractivity contribution in [2.75, 3.05) is 24.6 Å². The molecular formula is C22H28F2N4O3. The molecule has 1 saturated carbocycles. The zero-order valence-electron chi connectivity index (χ0n) is 18.2. The molecule has 0 radical (unpaired) electrons. The Balaban J connectivity index is 1.59. The predicted octanol–water partition coefficient (Wildman–Crippen LogP) is 3.38. The number of ether oxygens (including phenoxy) is 1. The van der Waals surface area contributed by atoms with E-state index in [9.17, 15) is 18.7 Å². The number of fused-ring (bicyclic) bond motifs is 1. The molecule has 2 aromatic heterocycles. The van der Waals surface area contributed by atoms with Crippen molar-refractivity contribution in [2.45, 2.75) is 52.2 Å². The minimum atomic E-state index is -2.54. The van der Waals surface area contributed by atoms with Gasteiger partial charge in [-0.1, -0.05) is 13.0 Å². The second-order valence-electron chi connectivity index (χ2n) is 8.47. The summed E-state index contributed by atoms with van der Waals surface area (Å²) in [6.45, 7) is 8.29. The first-order chi connectivity index (χ1) is 14.7. The van der Waals surface area contributed by atoms with Gasteiger partial charge in [-0.3, -0.25) is 4.68 Å². The summed E-state index contributed by atoms with van der Waals surface area (Å²) < 4.78 is 33.7. The van der Waals surface area contributed by atoms with Crippen LogP contribution in [-0.4, -0.2) is 51.5 Å². The Labute approximate surface area is 180 Å². The van der Waals surface area contributed by atoms with E-state index < -0.39 is 29.8 Å². The number of carbonyl (C=O) groups excluding carboxylic acids is 1. The maximum absolute atomic E-state index is 13.5. The number of halogens is 2. The van der Waals surface area contributed by atoms with Crippen molar-refractivity contribution in [1.82, 2.24) is 14.8 Å². The summed E-state index contributed by atoms with van der Waals surface area (Å²) in [7, 11) is 0. The highest BCUT2D eigenvalue weighted by molar-refractivity contribution is 5.87. The molecule has 2 aromatic rings. The van der Waals surface area contributed by atoms with Gasteiger partial charge in [0.05, 0.1) is 24.1 Å². The number of pyridine rings is 1. The number of alkyl halides is 2. The van der Waals surface area contributed by atoms with E-state index in [0.29, 0.717) is 42.3 Å². The molecule has 1 saturated heterocycles. The van der Waals surface area contributed by atoms with Gasteiger partial charge in [0, 0.05) is 30.4 Å². The zero-order valence-corrected chi connectivity index (χ0v) is 18.2. The Morgan fingerprint density at radius 1 is 1.29 bits per heavy atom. The molecule has 2 fully saturated rings. The predicted molar refractivity (Wildman–Crippen MR) is 110 cm³/mol. The van der Waals surface area contributed by atoms with Gasteiger partial charge in [0.2, 0.25) is 0 Å². The third-order valence-electron chi connectivity index (χ3n) is 6.16. The first kappa shape index (κ1) is 21.7. The van der Waals surface area contributed by atoms with Crippen molar-refractivity contribution < 1.29 is 23.4 Å². The Morgan fingerprint density at radius 2 is 1.97 bits per heavy atom. The molecule has 0 amide bonds. The van der Waals surface area contributed by atoms with E-state index in [-0.39, 0.29) is 18.3 Å². The Hall–Kier alpha value is -2.55. The number of aromatic nitrogens is 3. The van der Waals surface area contributed by atoms with E-state index in [0.717, 1.165) is 0 Å². The van der Waals surface area contributed by atoms with Gasteiger partial charge in [-0.15, -0.1) is 0 Å². The smallest absolute Gasteiger partial charge is 0.356 e. The largest absolute Gasteiger partial charge is 0.461 e. The van der Waals surface area contributed by atoms with E-state index in [1.165, 1.54) is 0 Å². The van der Waals surface area contributed by atoms with Gasteiger partial charge in [0.25, 0.3) is 5.92 Å².